The number of likely N-dealkylation sites (N-methyl/N-ethyl adjacent to an activating group) is 1. The molecule has 0 heterocycles. The number of nitrogens with zero attached hydrogens (tertiary/aromatic N) is 2. The molecule has 0 bridgehead atoms. The first-order valence-corrected chi connectivity index (χ1v) is 7.91. The lowest BCUT2D eigenvalue weighted by Crippen LogP contribution is -2.31. The molecule has 3 nitrogen and oxygen atoms in total. The second-order valence-electron chi connectivity index (χ2n) is 5.89. The zero-order valence-corrected chi connectivity index (χ0v) is 14.2. The van der Waals surface area contributed by atoms with Crippen LogP contribution in [0.5, 0.6) is 5.75 Å². The molecule has 23 heavy (non-hydrogen) atoms. The van der Waals surface area contributed by atoms with Crippen molar-refractivity contribution >= 4 is 11.6 Å². The number of halogens is 2. The van der Waals surface area contributed by atoms with Crippen molar-refractivity contribution < 1.29 is 9.50 Å². The Bertz CT molecular complexity index is 634. The average Bonchev–Trinajstić information content (AvgIpc) is 2.51. The van der Waals surface area contributed by atoms with Crippen LogP contribution < -0.4 is 0 Å². The number of phenolic OH excluding ortho intramolecular Hbond substituents is 1. The van der Waals surface area contributed by atoms with Gasteiger partial charge in [-0.25, -0.2) is 4.39 Å². The minimum atomic E-state index is -0.435. The number of phenols is 1. The highest BCUT2D eigenvalue weighted by molar-refractivity contribution is 6.32. The molecule has 2 aromatic carbocycles. The molecule has 0 aliphatic rings. The molecule has 124 valence electrons. The topological polar surface area (TPSA) is 26.7 Å². The van der Waals surface area contributed by atoms with E-state index in [0.29, 0.717) is 12.1 Å². The molecule has 0 saturated carbocycles. The Morgan fingerprint density at radius 3 is 2.39 bits per heavy atom. The van der Waals surface area contributed by atoms with Crippen molar-refractivity contribution in [1.82, 2.24) is 9.80 Å². The van der Waals surface area contributed by atoms with E-state index in [1.165, 1.54) is 11.6 Å². The first-order chi connectivity index (χ1) is 11.0. The van der Waals surface area contributed by atoms with Crippen LogP contribution in [0.25, 0.3) is 0 Å². The summed E-state index contributed by atoms with van der Waals surface area (Å²) in [5, 5.41) is 9.65. The fourth-order valence-corrected chi connectivity index (χ4v) is 2.52. The standard InChI is InChI=1S/C18H22ClFN2O/c1-21(2)8-9-22(12-14-6-4-3-5-7-14)13-15-10-16(19)18(23)11-17(15)20/h3-7,10-11,23H,8-9,12-13H2,1-2H3. The molecule has 0 aromatic heterocycles. The maximum Gasteiger partial charge on any atom is 0.137 e. The maximum atomic E-state index is 14.1. The molecule has 0 radical (unpaired) electrons. The lowest BCUT2D eigenvalue weighted by atomic mass is 10.1. The third-order valence-electron chi connectivity index (χ3n) is 3.62. The van der Waals surface area contributed by atoms with Crippen molar-refractivity contribution in [3.8, 4) is 5.75 Å². The van der Waals surface area contributed by atoms with Crippen molar-refractivity contribution in [3.63, 3.8) is 0 Å². The van der Waals surface area contributed by atoms with Crippen molar-refractivity contribution in [3.05, 3.63) is 64.4 Å². The molecule has 0 aliphatic heterocycles. The summed E-state index contributed by atoms with van der Waals surface area (Å²) < 4.78 is 14.1. The second-order valence-corrected chi connectivity index (χ2v) is 6.30. The van der Waals surface area contributed by atoms with Gasteiger partial charge >= 0.3 is 0 Å². The van der Waals surface area contributed by atoms with E-state index in [2.05, 4.69) is 21.9 Å². The monoisotopic (exact) mass is 336 g/mol. The maximum absolute atomic E-state index is 14.1. The molecule has 0 fully saturated rings. The second kappa shape index (κ2) is 8.29. The first-order valence-electron chi connectivity index (χ1n) is 7.53. The van der Waals surface area contributed by atoms with Gasteiger partial charge in [0, 0.05) is 37.8 Å². The van der Waals surface area contributed by atoms with Gasteiger partial charge < -0.3 is 10.0 Å². The van der Waals surface area contributed by atoms with Crippen LogP contribution >= 0.6 is 11.6 Å². The van der Waals surface area contributed by atoms with E-state index in [1.807, 2.05) is 32.3 Å². The van der Waals surface area contributed by atoms with Crippen LogP contribution in [-0.2, 0) is 13.1 Å². The zero-order valence-electron chi connectivity index (χ0n) is 13.5. The van der Waals surface area contributed by atoms with Crippen molar-refractivity contribution in [1.29, 1.82) is 0 Å². The van der Waals surface area contributed by atoms with Crippen LogP contribution in [0.3, 0.4) is 0 Å². The van der Waals surface area contributed by atoms with E-state index in [0.717, 1.165) is 25.7 Å². The fourth-order valence-electron chi connectivity index (χ4n) is 2.34. The Morgan fingerprint density at radius 2 is 1.74 bits per heavy atom. The first kappa shape index (κ1) is 17.7. The average molecular weight is 337 g/mol. The molecule has 2 rings (SSSR count). The Balaban J connectivity index is 2.15. The highest BCUT2D eigenvalue weighted by atomic mass is 35.5. The summed E-state index contributed by atoms with van der Waals surface area (Å²) in [6.07, 6.45) is 0. The highest BCUT2D eigenvalue weighted by Crippen LogP contribution is 2.27. The number of hydrogen-bond donors (Lipinski definition) is 1. The third-order valence-corrected chi connectivity index (χ3v) is 3.92. The Labute approximate surface area is 141 Å². The van der Waals surface area contributed by atoms with Gasteiger partial charge in [-0.1, -0.05) is 41.9 Å². The minimum Gasteiger partial charge on any atom is -0.506 e. The molecule has 5 heteroatoms. The van der Waals surface area contributed by atoms with Gasteiger partial charge in [0.25, 0.3) is 0 Å². The molecule has 1 N–H and O–H groups in total. The minimum absolute atomic E-state index is 0.175. The quantitative estimate of drug-likeness (QED) is 0.834. The van der Waals surface area contributed by atoms with Crippen LogP contribution in [0.1, 0.15) is 11.1 Å². The summed E-state index contributed by atoms with van der Waals surface area (Å²) in [5.74, 6) is -0.661. The molecule has 0 spiro atoms. The van der Waals surface area contributed by atoms with Crippen LogP contribution in [0.15, 0.2) is 42.5 Å². The van der Waals surface area contributed by atoms with Crippen molar-refractivity contribution in [2.75, 3.05) is 27.2 Å². The van der Waals surface area contributed by atoms with Gasteiger partial charge in [0.05, 0.1) is 5.02 Å². The van der Waals surface area contributed by atoms with Crippen LogP contribution in [0.4, 0.5) is 4.39 Å². The smallest absolute Gasteiger partial charge is 0.137 e. The van der Waals surface area contributed by atoms with Crippen LogP contribution in [-0.4, -0.2) is 42.1 Å². The fraction of sp³-hybridized carbons (Fsp3) is 0.333. The number of rotatable bonds is 7. The highest BCUT2D eigenvalue weighted by Gasteiger charge is 2.13. The number of benzene rings is 2. The number of aromatic hydroxyl groups is 1. The van der Waals surface area contributed by atoms with Crippen LogP contribution in [0, 0.1) is 5.82 Å². The predicted octanol–water partition coefficient (Wildman–Crippen LogP) is 3.75. The summed E-state index contributed by atoms with van der Waals surface area (Å²) >= 11 is 5.91. The van der Waals surface area contributed by atoms with Gasteiger partial charge in [0.1, 0.15) is 11.6 Å². The molecule has 0 saturated heterocycles. The van der Waals surface area contributed by atoms with E-state index >= 15 is 0 Å². The van der Waals surface area contributed by atoms with Gasteiger partial charge in [-0.05, 0) is 25.7 Å². The Hall–Kier alpha value is -1.62. The summed E-state index contributed by atoms with van der Waals surface area (Å²) in [6, 6.07) is 12.7. The lowest BCUT2D eigenvalue weighted by Gasteiger charge is -2.24. The van der Waals surface area contributed by atoms with Crippen LogP contribution in [0.2, 0.25) is 5.02 Å². The van der Waals surface area contributed by atoms with Crippen molar-refractivity contribution in [2.45, 2.75) is 13.1 Å². The molecule has 0 unspecified atom stereocenters. The molecule has 0 amide bonds. The van der Waals surface area contributed by atoms with E-state index in [1.54, 1.807) is 0 Å². The summed E-state index contributed by atoms with van der Waals surface area (Å²) in [4.78, 5) is 4.26. The third kappa shape index (κ3) is 5.50. The van der Waals surface area contributed by atoms with E-state index in [-0.39, 0.29) is 10.8 Å². The van der Waals surface area contributed by atoms with E-state index < -0.39 is 5.82 Å². The Kier molecular flexibility index (Phi) is 6.39. The van der Waals surface area contributed by atoms with Gasteiger partial charge in [-0.2, -0.15) is 0 Å². The summed E-state index contributed by atoms with van der Waals surface area (Å²) in [7, 11) is 4.03. The van der Waals surface area contributed by atoms with E-state index in [4.69, 9.17) is 11.6 Å². The Morgan fingerprint density at radius 1 is 1.04 bits per heavy atom. The lowest BCUT2D eigenvalue weighted by molar-refractivity contribution is 0.223. The normalized spacial score (nSPS) is 11.4. The largest absolute Gasteiger partial charge is 0.506 e. The SMILES string of the molecule is CN(C)CCN(Cc1ccccc1)Cc1cc(Cl)c(O)cc1F. The summed E-state index contributed by atoms with van der Waals surface area (Å²) in [5.41, 5.74) is 1.67. The molecule has 0 aliphatic carbocycles. The van der Waals surface area contributed by atoms with Gasteiger partial charge in [-0.15, -0.1) is 0 Å². The predicted molar refractivity (Wildman–Crippen MR) is 92.2 cm³/mol. The summed E-state index contributed by atoms with van der Waals surface area (Å²) in [6.45, 7) is 2.85. The van der Waals surface area contributed by atoms with Gasteiger partial charge in [0.2, 0.25) is 0 Å². The molecular formula is C18H22ClFN2O. The zero-order chi connectivity index (χ0) is 16.8. The molecule has 0 atom stereocenters. The van der Waals surface area contributed by atoms with E-state index in [9.17, 15) is 9.50 Å². The van der Waals surface area contributed by atoms with Gasteiger partial charge in [-0.3, -0.25) is 4.90 Å². The van der Waals surface area contributed by atoms with Crippen molar-refractivity contribution in [2.24, 2.45) is 0 Å². The molecule has 2 aromatic rings. The van der Waals surface area contributed by atoms with Gasteiger partial charge in [0.15, 0.2) is 0 Å². The molecular weight excluding hydrogens is 315 g/mol. The number of hydrogen-bond acceptors (Lipinski definition) is 3.